The largest absolute Gasteiger partial charge is 0.307 e. The van der Waals surface area contributed by atoms with E-state index in [1.807, 2.05) is 0 Å². The molecule has 2 atom stereocenters. The normalized spacial score (nSPS) is 15.9. The van der Waals surface area contributed by atoms with Crippen molar-refractivity contribution < 1.29 is 0 Å². The summed E-state index contributed by atoms with van der Waals surface area (Å²) < 4.78 is 1.21. The molecule has 3 heteroatoms. The molecule has 0 bridgehead atoms. The first-order valence-electron chi connectivity index (χ1n) is 5.02. The Morgan fingerprint density at radius 3 is 2.29 bits per heavy atom. The van der Waals surface area contributed by atoms with E-state index in [0.29, 0.717) is 18.0 Å². The van der Waals surface area contributed by atoms with Crippen molar-refractivity contribution in [2.75, 3.05) is 0 Å². The van der Waals surface area contributed by atoms with Crippen molar-refractivity contribution in [2.45, 2.75) is 39.8 Å². The van der Waals surface area contributed by atoms with Gasteiger partial charge in [-0.3, -0.25) is 0 Å². The van der Waals surface area contributed by atoms with Crippen molar-refractivity contribution in [3.05, 3.63) is 20.8 Å². The Morgan fingerprint density at radius 1 is 1.21 bits per heavy atom. The molecule has 0 aromatic carbocycles. The van der Waals surface area contributed by atoms with Gasteiger partial charge in [-0.2, -0.15) is 0 Å². The fourth-order valence-electron chi connectivity index (χ4n) is 1.23. The highest BCUT2D eigenvalue weighted by atomic mass is 79.9. The molecule has 0 saturated heterocycles. The lowest BCUT2D eigenvalue weighted by Gasteiger charge is -2.22. The van der Waals surface area contributed by atoms with Crippen LogP contribution in [0.3, 0.4) is 0 Å². The number of halogens is 1. The van der Waals surface area contributed by atoms with E-state index in [1.54, 1.807) is 11.3 Å². The number of nitrogens with one attached hydrogen (secondary N) is 1. The summed E-state index contributed by atoms with van der Waals surface area (Å²) in [4.78, 5) is 1.39. The van der Waals surface area contributed by atoms with Crippen LogP contribution in [0.4, 0.5) is 0 Å². The monoisotopic (exact) mass is 275 g/mol. The molecule has 1 heterocycles. The second-order valence-corrected chi connectivity index (χ2v) is 6.56. The Labute approximate surface area is 99.0 Å². The van der Waals surface area contributed by atoms with Crippen molar-refractivity contribution in [1.29, 1.82) is 0 Å². The molecule has 0 aliphatic rings. The highest BCUT2D eigenvalue weighted by Crippen LogP contribution is 2.27. The van der Waals surface area contributed by atoms with Gasteiger partial charge in [-0.15, -0.1) is 11.3 Å². The molecular formula is C11H18BrNS. The second kappa shape index (κ2) is 5.29. The zero-order valence-electron chi connectivity index (χ0n) is 9.17. The SMILES string of the molecule is CC(C)[C@@H](C)N[C@H](C)c1ccc(Br)s1. The summed E-state index contributed by atoms with van der Waals surface area (Å²) in [5, 5.41) is 3.60. The molecule has 1 N–H and O–H groups in total. The molecule has 1 aromatic rings. The van der Waals surface area contributed by atoms with Gasteiger partial charge in [0.25, 0.3) is 0 Å². The molecule has 1 rings (SSSR count). The van der Waals surface area contributed by atoms with Crippen LogP contribution in [0.25, 0.3) is 0 Å². The Kier molecular flexibility index (Phi) is 4.61. The minimum absolute atomic E-state index is 0.448. The maximum absolute atomic E-state index is 3.60. The quantitative estimate of drug-likeness (QED) is 0.868. The summed E-state index contributed by atoms with van der Waals surface area (Å²) >= 11 is 5.29. The molecule has 80 valence electrons. The van der Waals surface area contributed by atoms with Crippen LogP contribution in [-0.2, 0) is 0 Å². The maximum atomic E-state index is 3.60. The van der Waals surface area contributed by atoms with Gasteiger partial charge in [0.2, 0.25) is 0 Å². The first-order valence-corrected chi connectivity index (χ1v) is 6.63. The minimum Gasteiger partial charge on any atom is -0.307 e. The fourth-order valence-corrected chi connectivity index (χ4v) is 2.66. The highest BCUT2D eigenvalue weighted by Gasteiger charge is 2.13. The zero-order valence-corrected chi connectivity index (χ0v) is 11.6. The van der Waals surface area contributed by atoms with Gasteiger partial charge in [-0.05, 0) is 47.8 Å². The molecule has 0 aliphatic heterocycles. The van der Waals surface area contributed by atoms with Crippen LogP contribution in [-0.4, -0.2) is 6.04 Å². The van der Waals surface area contributed by atoms with Crippen molar-refractivity contribution in [3.8, 4) is 0 Å². The molecule has 0 spiro atoms. The van der Waals surface area contributed by atoms with E-state index in [4.69, 9.17) is 0 Å². The number of thiophene rings is 1. The van der Waals surface area contributed by atoms with E-state index >= 15 is 0 Å². The van der Waals surface area contributed by atoms with Crippen LogP contribution < -0.4 is 5.32 Å². The Bertz CT molecular complexity index is 283. The average Bonchev–Trinajstić information content (AvgIpc) is 2.51. The van der Waals surface area contributed by atoms with Gasteiger partial charge in [0.05, 0.1) is 3.79 Å². The predicted octanol–water partition coefficient (Wildman–Crippen LogP) is 4.21. The Morgan fingerprint density at radius 2 is 1.86 bits per heavy atom. The molecule has 0 fully saturated rings. The smallest absolute Gasteiger partial charge is 0.0701 e. The Balaban J connectivity index is 2.54. The van der Waals surface area contributed by atoms with Crippen LogP contribution in [0.2, 0.25) is 0 Å². The van der Waals surface area contributed by atoms with Crippen molar-refractivity contribution in [1.82, 2.24) is 5.32 Å². The highest BCUT2D eigenvalue weighted by molar-refractivity contribution is 9.11. The number of hydrogen-bond acceptors (Lipinski definition) is 2. The Hall–Kier alpha value is 0.140. The summed E-state index contributed by atoms with van der Waals surface area (Å²) in [6, 6.07) is 5.30. The first-order chi connectivity index (χ1) is 6.50. The molecule has 0 aliphatic carbocycles. The van der Waals surface area contributed by atoms with Crippen LogP contribution in [0, 0.1) is 5.92 Å². The van der Waals surface area contributed by atoms with Gasteiger partial charge >= 0.3 is 0 Å². The van der Waals surface area contributed by atoms with E-state index < -0.39 is 0 Å². The molecule has 1 nitrogen and oxygen atoms in total. The van der Waals surface area contributed by atoms with Crippen LogP contribution in [0.15, 0.2) is 15.9 Å². The van der Waals surface area contributed by atoms with E-state index in [0.717, 1.165) is 0 Å². The summed E-state index contributed by atoms with van der Waals surface area (Å²) in [5.74, 6) is 0.681. The van der Waals surface area contributed by atoms with Crippen molar-refractivity contribution >= 4 is 27.3 Å². The lowest BCUT2D eigenvalue weighted by Crippen LogP contribution is -2.32. The van der Waals surface area contributed by atoms with Crippen LogP contribution >= 0.6 is 27.3 Å². The predicted molar refractivity (Wildman–Crippen MR) is 67.9 cm³/mol. The first kappa shape index (κ1) is 12.2. The molecule has 0 radical (unpaired) electrons. The minimum atomic E-state index is 0.448. The van der Waals surface area contributed by atoms with E-state index in [9.17, 15) is 0 Å². The maximum Gasteiger partial charge on any atom is 0.0701 e. The molecular weight excluding hydrogens is 258 g/mol. The number of hydrogen-bond donors (Lipinski definition) is 1. The second-order valence-electron chi connectivity index (χ2n) is 4.06. The van der Waals surface area contributed by atoms with Crippen LogP contribution in [0.1, 0.15) is 38.6 Å². The third-order valence-corrected chi connectivity index (χ3v) is 4.34. The van der Waals surface area contributed by atoms with Gasteiger partial charge in [0, 0.05) is 17.0 Å². The van der Waals surface area contributed by atoms with Crippen molar-refractivity contribution in [2.24, 2.45) is 5.92 Å². The fraction of sp³-hybridized carbons (Fsp3) is 0.636. The lowest BCUT2D eigenvalue weighted by atomic mass is 10.1. The molecule has 0 unspecified atom stereocenters. The summed E-state index contributed by atoms with van der Waals surface area (Å²) in [6.07, 6.45) is 0. The van der Waals surface area contributed by atoms with Gasteiger partial charge in [-0.1, -0.05) is 13.8 Å². The average molecular weight is 276 g/mol. The van der Waals surface area contributed by atoms with Gasteiger partial charge in [-0.25, -0.2) is 0 Å². The van der Waals surface area contributed by atoms with E-state index in [2.05, 4.69) is 61.1 Å². The lowest BCUT2D eigenvalue weighted by molar-refractivity contribution is 0.391. The molecule has 1 aromatic heterocycles. The standard InChI is InChI=1S/C11H18BrNS/c1-7(2)8(3)13-9(4)10-5-6-11(12)14-10/h5-9,13H,1-4H3/t8-,9-/m1/s1. The summed E-state index contributed by atoms with van der Waals surface area (Å²) in [6.45, 7) is 8.95. The van der Waals surface area contributed by atoms with E-state index in [-0.39, 0.29) is 0 Å². The molecule has 0 amide bonds. The zero-order chi connectivity index (χ0) is 10.7. The van der Waals surface area contributed by atoms with Gasteiger partial charge < -0.3 is 5.32 Å². The molecule has 14 heavy (non-hydrogen) atoms. The van der Waals surface area contributed by atoms with Crippen LogP contribution in [0.5, 0.6) is 0 Å². The number of rotatable bonds is 4. The van der Waals surface area contributed by atoms with Gasteiger partial charge in [0.15, 0.2) is 0 Å². The van der Waals surface area contributed by atoms with Gasteiger partial charge in [0.1, 0.15) is 0 Å². The summed E-state index contributed by atoms with van der Waals surface area (Å²) in [5.41, 5.74) is 0. The van der Waals surface area contributed by atoms with E-state index in [1.165, 1.54) is 8.66 Å². The third kappa shape index (κ3) is 3.37. The topological polar surface area (TPSA) is 12.0 Å². The summed E-state index contributed by atoms with van der Waals surface area (Å²) in [7, 11) is 0. The molecule has 0 saturated carbocycles. The van der Waals surface area contributed by atoms with Crippen molar-refractivity contribution in [3.63, 3.8) is 0 Å². The third-order valence-electron chi connectivity index (χ3n) is 2.53.